The average Bonchev–Trinajstić information content (AvgIpc) is 1.55. The van der Waals surface area contributed by atoms with Crippen LogP contribution in [-0.2, 0) is 4.74 Å². The summed E-state index contributed by atoms with van der Waals surface area (Å²) in [4.78, 5) is 0. The lowest BCUT2D eigenvalue weighted by atomic mass is 10.1. The number of hydrogen-bond donors (Lipinski definition) is 0. The van der Waals surface area contributed by atoms with E-state index < -0.39 is 0 Å². The van der Waals surface area contributed by atoms with Gasteiger partial charge in [-0.3, -0.25) is 0 Å². The van der Waals surface area contributed by atoms with Crippen LogP contribution in [-0.4, -0.2) is 12.7 Å². The van der Waals surface area contributed by atoms with Crippen molar-refractivity contribution in [1.82, 2.24) is 0 Å². The lowest BCUT2D eigenvalue weighted by Gasteiger charge is -2.24. The van der Waals surface area contributed by atoms with Crippen LogP contribution in [0, 0.1) is 6.42 Å². The maximum Gasteiger partial charge on any atom is 0.0664 e. The molecule has 0 aromatic rings. The monoisotopic (exact) mass is 97.1 g/mol. The second-order valence-electron chi connectivity index (χ2n) is 1.63. The van der Waals surface area contributed by atoms with Crippen LogP contribution < -0.4 is 0 Å². The van der Waals surface area contributed by atoms with Crippen LogP contribution in [0.5, 0.6) is 0 Å². The van der Waals surface area contributed by atoms with Gasteiger partial charge in [-0.15, -0.1) is 6.58 Å². The third kappa shape index (κ3) is 1.03. The molecule has 1 unspecified atom stereocenters. The van der Waals surface area contributed by atoms with Crippen LogP contribution in [0.4, 0.5) is 0 Å². The number of rotatable bonds is 2. The quantitative estimate of drug-likeness (QED) is 0.470. The van der Waals surface area contributed by atoms with Gasteiger partial charge in [-0.1, -0.05) is 6.08 Å². The zero-order chi connectivity index (χ0) is 5.11. The normalized spacial score (nSPS) is 28.9. The molecule has 1 saturated heterocycles. The van der Waals surface area contributed by atoms with E-state index in [9.17, 15) is 0 Å². The SMILES string of the molecule is C=CCC1[CH]CO1. The highest BCUT2D eigenvalue weighted by Gasteiger charge is 2.15. The Bertz CT molecular complexity index is 64.6. The molecule has 1 rings (SSSR count). The summed E-state index contributed by atoms with van der Waals surface area (Å²) < 4.78 is 5.04. The van der Waals surface area contributed by atoms with Gasteiger partial charge in [0.25, 0.3) is 0 Å². The molecule has 0 saturated carbocycles. The second-order valence-corrected chi connectivity index (χ2v) is 1.63. The van der Waals surface area contributed by atoms with Gasteiger partial charge in [0.05, 0.1) is 12.7 Å². The Morgan fingerprint density at radius 3 is 2.86 bits per heavy atom. The van der Waals surface area contributed by atoms with Crippen LogP contribution in [0.1, 0.15) is 6.42 Å². The van der Waals surface area contributed by atoms with Crippen LogP contribution >= 0.6 is 0 Å². The molecule has 0 amide bonds. The maximum atomic E-state index is 5.04. The fourth-order valence-electron chi connectivity index (χ4n) is 0.561. The van der Waals surface area contributed by atoms with E-state index in [4.69, 9.17) is 4.74 Å². The van der Waals surface area contributed by atoms with Crippen LogP contribution in [0.3, 0.4) is 0 Å². The predicted molar refractivity (Wildman–Crippen MR) is 28.9 cm³/mol. The van der Waals surface area contributed by atoms with Gasteiger partial charge in [-0.05, 0) is 6.42 Å². The van der Waals surface area contributed by atoms with Gasteiger partial charge in [0, 0.05) is 6.42 Å². The van der Waals surface area contributed by atoms with Crippen molar-refractivity contribution < 1.29 is 4.74 Å². The van der Waals surface area contributed by atoms with E-state index >= 15 is 0 Å². The molecule has 7 heavy (non-hydrogen) atoms. The zero-order valence-corrected chi connectivity index (χ0v) is 4.26. The molecule has 0 spiro atoms. The van der Waals surface area contributed by atoms with Crippen molar-refractivity contribution in [2.24, 2.45) is 0 Å². The average molecular weight is 97.1 g/mol. The molecule has 1 fully saturated rings. The molecule has 1 atom stereocenters. The van der Waals surface area contributed by atoms with Crippen LogP contribution in [0.2, 0.25) is 0 Å². The molecule has 0 N–H and O–H groups in total. The Hall–Kier alpha value is -0.300. The van der Waals surface area contributed by atoms with E-state index in [1.54, 1.807) is 0 Å². The fraction of sp³-hybridized carbons (Fsp3) is 0.500. The van der Waals surface area contributed by atoms with Gasteiger partial charge in [0.2, 0.25) is 0 Å². The molecule has 39 valence electrons. The number of ether oxygens (including phenoxy) is 1. The molecule has 1 heterocycles. The van der Waals surface area contributed by atoms with Gasteiger partial charge < -0.3 is 4.74 Å². The lowest BCUT2D eigenvalue weighted by Crippen LogP contribution is -2.26. The summed E-state index contributed by atoms with van der Waals surface area (Å²) in [6, 6.07) is 0. The maximum absolute atomic E-state index is 5.04. The minimum atomic E-state index is 0.387. The van der Waals surface area contributed by atoms with Crippen molar-refractivity contribution in [3.8, 4) is 0 Å². The third-order valence-electron chi connectivity index (χ3n) is 1.07. The fourth-order valence-corrected chi connectivity index (χ4v) is 0.561. The highest BCUT2D eigenvalue weighted by molar-refractivity contribution is 4.90. The molecular weight excluding hydrogens is 88.1 g/mol. The van der Waals surface area contributed by atoms with Gasteiger partial charge in [-0.2, -0.15) is 0 Å². The summed E-state index contributed by atoms with van der Waals surface area (Å²) >= 11 is 0. The summed E-state index contributed by atoms with van der Waals surface area (Å²) in [7, 11) is 0. The Kier molecular flexibility index (Phi) is 1.47. The molecule has 0 aliphatic carbocycles. The van der Waals surface area contributed by atoms with Gasteiger partial charge in [0.15, 0.2) is 0 Å². The molecule has 1 nitrogen and oxygen atoms in total. The van der Waals surface area contributed by atoms with Gasteiger partial charge >= 0.3 is 0 Å². The molecule has 1 aliphatic heterocycles. The van der Waals surface area contributed by atoms with Crippen LogP contribution in [0.25, 0.3) is 0 Å². The van der Waals surface area contributed by atoms with E-state index in [0.717, 1.165) is 13.0 Å². The zero-order valence-electron chi connectivity index (χ0n) is 4.26. The minimum absolute atomic E-state index is 0.387. The molecule has 0 aromatic heterocycles. The highest BCUT2D eigenvalue weighted by Crippen LogP contribution is 2.12. The molecule has 1 aliphatic rings. The molecule has 0 aromatic carbocycles. The first-order chi connectivity index (χ1) is 3.43. The predicted octanol–water partition coefficient (Wildman–Crippen LogP) is 1.17. The Morgan fingerprint density at radius 1 is 2.00 bits per heavy atom. The van der Waals surface area contributed by atoms with Crippen molar-refractivity contribution in [1.29, 1.82) is 0 Å². The first kappa shape index (κ1) is 4.85. The smallest absolute Gasteiger partial charge is 0.0664 e. The summed E-state index contributed by atoms with van der Waals surface area (Å²) in [5.41, 5.74) is 0. The molecule has 0 bridgehead atoms. The largest absolute Gasteiger partial charge is 0.377 e. The van der Waals surface area contributed by atoms with E-state index in [-0.39, 0.29) is 0 Å². The van der Waals surface area contributed by atoms with E-state index in [0.29, 0.717) is 6.10 Å². The van der Waals surface area contributed by atoms with Crippen molar-refractivity contribution in [3.05, 3.63) is 19.1 Å². The second kappa shape index (κ2) is 2.12. The summed E-state index contributed by atoms with van der Waals surface area (Å²) in [5.74, 6) is 0. The first-order valence-electron chi connectivity index (χ1n) is 2.49. The van der Waals surface area contributed by atoms with E-state index in [2.05, 4.69) is 13.0 Å². The Balaban J connectivity index is 2.03. The number of hydrogen-bond acceptors (Lipinski definition) is 1. The summed E-state index contributed by atoms with van der Waals surface area (Å²) in [6.45, 7) is 4.41. The molecule has 1 heteroatoms. The van der Waals surface area contributed by atoms with Gasteiger partial charge in [-0.25, -0.2) is 0 Å². The first-order valence-corrected chi connectivity index (χ1v) is 2.49. The summed E-state index contributed by atoms with van der Waals surface area (Å²) in [6.07, 6.45) is 5.37. The molecule has 1 radical (unpaired) electrons. The third-order valence-corrected chi connectivity index (χ3v) is 1.07. The van der Waals surface area contributed by atoms with Crippen molar-refractivity contribution in [2.45, 2.75) is 12.5 Å². The van der Waals surface area contributed by atoms with Crippen molar-refractivity contribution in [3.63, 3.8) is 0 Å². The van der Waals surface area contributed by atoms with E-state index in [1.807, 2.05) is 6.08 Å². The highest BCUT2D eigenvalue weighted by atomic mass is 16.5. The standard InChI is InChI=1S/C6H9O/c1-2-3-6-4-5-7-6/h2,4,6H,1,3,5H2. The van der Waals surface area contributed by atoms with Gasteiger partial charge in [0.1, 0.15) is 0 Å². The van der Waals surface area contributed by atoms with Crippen molar-refractivity contribution >= 4 is 0 Å². The Labute approximate surface area is 44.0 Å². The molecular formula is C6H9O. The van der Waals surface area contributed by atoms with Crippen molar-refractivity contribution in [2.75, 3.05) is 6.61 Å². The Morgan fingerprint density at radius 2 is 2.71 bits per heavy atom. The lowest BCUT2D eigenvalue weighted by molar-refractivity contribution is 0.0117. The van der Waals surface area contributed by atoms with Crippen LogP contribution in [0.15, 0.2) is 12.7 Å². The minimum Gasteiger partial charge on any atom is -0.377 e. The topological polar surface area (TPSA) is 9.23 Å². The summed E-state index contributed by atoms with van der Waals surface area (Å²) in [5, 5.41) is 0. The van der Waals surface area contributed by atoms with E-state index in [1.165, 1.54) is 0 Å².